The van der Waals surface area contributed by atoms with Crippen molar-refractivity contribution in [2.45, 2.75) is 13.5 Å². The molecule has 4 nitrogen and oxygen atoms in total. The van der Waals surface area contributed by atoms with Crippen LogP contribution in [0.25, 0.3) is 0 Å². The van der Waals surface area contributed by atoms with Gasteiger partial charge in [-0.05, 0) is 0 Å². The summed E-state index contributed by atoms with van der Waals surface area (Å²) in [5, 5.41) is 10.5. The molecule has 1 rings (SSSR count). The zero-order valence-corrected chi connectivity index (χ0v) is 6.50. The zero-order chi connectivity index (χ0) is 8.10. The maximum absolute atomic E-state index is 5.11. The van der Waals surface area contributed by atoms with Crippen LogP contribution in [-0.4, -0.2) is 16.7 Å². The molecular weight excluding hydrogens is 142 g/mol. The van der Waals surface area contributed by atoms with Crippen LogP contribution >= 0.6 is 0 Å². The molecule has 0 fully saturated rings. The van der Waals surface area contributed by atoms with Gasteiger partial charge in [0.15, 0.2) is 0 Å². The van der Waals surface area contributed by atoms with Crippen LogP contribution in [0.15, 0.2) is 17.1 Å². The molecule has 0 saturated carbocycles. The van der Waals surface area contributed by atoms with Gasteiger partial charge in [0.1, 0.15) is 0 Å². The first-order chi connectivity index (χ1) is 5.33. The summed E-state index contributed by atoms with van der Waals surface area (Å²) in [5.74, 6) is 1.21. The minimum Gasteiger partial charge on any atom is -0.424 e. The fraction of sp³-hybridized carbons (Fsp3) is 0.429. The van der Waals surface area contributed by atoms with Gasteiger partial charge in [-0.25, -0.2) is 0 Å². The third-order valence-corrected chi connectivity index (χ3v) is 1.13. The maximum atomic E-state index is 5.11. The standard InChI is InChI=1S/C7H11N3O/c1-3-4-8-5-7-10-9-6(2)11-7/h3,8H,1,4-5H2,2H3. The highest BCUT2D eigenvalue weighted by atomic mass is 16.4. The maximum Gasteiger partial charge on any atom is 0.230 e. The quantitative estimate of drug-likeness (QED) is 0.509. The molecule has 0 saturated heterocycles. The Bertz CT molecular complexity index is 231. The lowest BCUT2D eigenvalue weighted by molar-refractivity contribution is 0.452. The fourth-order valence-electron chi connectivity index (χ4n) is 0.690. The minimum absolute atomic E-state index is 0.598. The zero-order valence-electron chi connectivity index (χ0n) is 6.50. The van der Waals surface area contributed by atoms with Gasteiger partial charge in [0, 0.05) is 13.5 Å². The number of rotatable bonds is 4. The second-order valence-corrected chi connectivity index (χ2v) is 2.13. The Kier molecular flexibility index (Phi) is 2.80. The molecule has 0 amide bonds. The molecule has 1 heterocycles. The monoisotopic (exact) mass is 153 g/mol. The van der Waals surface area contributed by atoms with Crippen LogP contribution in [0, 0.1) is 6.92 Å². The Morgan fingerprint density at radius 3 is 3.00 bits per heavy atom. The van der Waals surface area contributed by atoms with Crippen molar-refractivity contribution in [3.8, 4) is 0 Å². The van der Waals surface area contributed by atoms with E-state index < -0.39 is 0 Å². The van der Waals surface area contributed by atoms with Gasteiger partial charge in [-0.15, -0.1) is 16.8 Å². The van der Waals surface area contributed by atoms with Gasteiger partial charge in [0.2, 0.25) is 11.8 Å². The topological polar surface area (TPSA) is 51.0 Å². The first-order valence-corrected chi connectivity index (χ1v) is 3.43. The van der Waals surface area contributed by atoms with E-state index in [0.29, 0.717) is 18.3 Å². The summed E-state index contributed by atoms with van der Waals surface area (Å²) in [7, 11) is 0. The average Bonchev–Trinajstić information content (AvgIpc) is 2.37. The lowest BCUT2D eigenvalue weighted by atomic mass is 10.5. The lowest BCUT2D eigenvalue weighted by Crippen LogP contribution is -2.12. The van der Waals surface area contributed by atoms with Crippen LogP contribution in [0.3, 0.4) is 0 Å². The Morgan fingerprint density at radius 1 is 1.64 bits per heavy atom. The largest absolute Gasteiger partial charge is 0.424 e. The number of hydrogen-bond acceptors (Lipinski definition) is 4. The summed E-state index contributed by atoms with van der Waals surface area (Å²) in [5.41, 5.74) is 0. The molecule has 0 unspecified atom stereocenters. The molecular formula is C7H11N3O. The van der Waals surface area contributed by atoms with E-state index in [1.807, 2.05) is 0 Å². The summed E-state index contributed by atoms with van der Waals surface area (Å²) in [6.45, 7) is 6.69. The number of aromatic nitrogens is 2. The van der Waals surface area contributed by atoms with Crippen molar-refractivity contribution < 1.29 is 4.42 Å². The molecule has 0 aliphatic heterocycles. The molecule has 60 valence electrons. The van der Waals surface area contributed by atoms with Crippen LogP contribution in [-0.2, 0) is 6.54 Å². The lowest BCUT2D eigenvalue weighted by Gasteiger charge is -1.93. The van der Waals surface area contributed by atoms with E-state index in [-0.39, 0.29) is 0 Å². The fourth-order valence-corrected chi connectivity index (χ4v) is 0.690. The van der Waals surface area contributed by atoms with E-state index in [1.165, 1.54) is 0 Å². The van der Waals surface area contributed by atoms with Crippen LogP contribution in [0.4, 0.5) is 0 Å². The molecule has 4 heteroatoms. The van der Waals surface area contributed by atoms with Crippen molar-refractivity contribution in [2.24, 2.45) is 0 Å². The van der Waals surface area contributed by atoms with Gasteiger partial charge in [-0.3, -0.25) is 0 Å². The second kappa shape index (κ2) is 3.88. The van der Waals surface area contributed by atoms with Gasteiger partial charge in [0.25, 0.3) is 0 Å². The Morgan fingerprint density at radius 2 is 2.45 bits per heavy atom. The molecule has 0 bridgehead atoms. The first kappa shape index (κ1) is 7.94. The highest BCUT2D eigenvalue weighted by molar-refractivity contribution is 4.79. The SMILES string of the molecule is C=CCNCc1nnc(C)o1. The normalized spacial score (nSPS) is 9.91. The van der Waals surface area contributed by atoms with Gasteiger partial charge in [-0.2, -0.15) is 0 Å². The van der Waals surface area contributed by atoms with Crippen molar-refractivity contribution in [1.29, 1.82) is 0 Å². The minimum atomic E-state index is 0.598. The molecule has 0 aliphatic rings. The van der Waals surface area contributed by atoms with Crippen LogP contribution in [0.5, 0.6) is 0 Å². The van der Waals surface area contributed by atoms with Gasteiger partial charge >= 0.3 is 0 Å². The van der Waals surface area contributed by atoms with E-state index in [2.05, 4.69) is 22.1 Å². The van der Waals surface area contributed by atoms with Crippen molar-refractivity contribution in [3.05, 3.63) is 24.4 Å². The molecule has 0 radical (unpaired) electrons. The highest BCUT2D eigenvalue weighted by Crippen LogP contribution is 1.95. The summed E-state index contributed by atoms with van der Waals surface area (Å²) in [6.07, 6.45) is 1.78. The van der Waals surface area contributed by atoms with Crippen LogP contribution in [0.1, 0.15) is 11.8 Å². The van der Waals surface area contributed by atoms with E-state index >= 15 is 0 Å². The Hall–Kier alpha value is -1.16. The summed E-state index contributed by atoms with van der Waals surface area (Å²) >= 11 is 0. The molecule has 1 aromatic rings. The number of nitrogens with one attached hydrogen (secondary N) is 1. The van der Waals surface area contributed by atoms with E-state index in [1.54, 1.807) is 13.0 Å². The highest BCUT2D eigenvalue weighted by Gasteiger charge is 1.98. The molecule has 0 aliphatic carbocycles. The molecule has 0 atom stereocenters. The summed E-state index contributed by atoms with van der Waals surface area (Å²) < 4.78 is 5.11. The van der Waals surface area contributed by atoms with E-state index in [0.717, 1.165) is 6.54 Å². The number of hydrogen-bond donors (Lipinski definition) is 1. The Labute approximate surface area is 65.3 Å². The molecule has 1 aromatic heterocycles. The third kappa shape index (κ3) is 2.51. The van der Waals surface area contributed by atoms with Crippen molar-refractivity contribution in [3.63, 3.8) is 0 Å². The van der Waals surface area contributed by atoms with Crippen LogP contribution < -0.4 is 5.32 Å². The predicted molar refractivity (Wildman–Crippen MR) is 40.9 cm³/mol. The molecule has 0 spiro atoms. The smallest absolute Gasteiger partial charge is 0.230 e. The average molecular weight is 153 g/mol. The van der Waals surface area contributed by atoms with Gasteiger partial charge in [0.05, 0.1) is 6.54 Å². The van der Waals surface area contributed by atoms with Crippen molar-refractivity contribution in [2.75, 3.05) is 6.54 Å². The molecule has 0 aromatic carbocycles. The molecule has 1 N–H and O–H groups in total. The second-order valence-electron chi connectivity index (χ2n) is 2.13. The van der Waals surface area contributed by atoms with E-state index in [4.69, 9.17) is 4.42 Å². The summed E-state index contributed by atoms with van der Waals surface area (Å²) in [6, 6.07) is 0. The first-order valence-electron chi connectivity index (χ1n) is 3.43. The molecule has 11 heavy (non-hydrogen) atoms. The summed E-state index contributed by atoms with van der Waals surface area (Å²) in [4.78, 5) is 0. The van der Waals surface area contributed by atoms with E-state index in [9.17, 15) is 0 Å². The van der Waals surface area contributed by atoms with Gasteiger partial charge in [-0.1, -0.05) is 6.08 Å². The Balaban J connectivity index is 2.32. The van der Waals surface area contributed by atoms with Crippen molar-refractivity contribution >= 4 is 0 Å². The number of aryl methyl sites for hydroxylation is 1. The number of nitrogens with zero attached hydrogens (tertiary/aromatic N) is 2. The van der Waals surface area contributed by atoms with Crippen molar-refractivity contribution in [1.82, 2.24) is 15.5 Å². The third-order valence-electron chi connectivity index (χ3n) is 1.13. The predicted octanol–water partition coefficient (Wildman–Crippen LogP) is 0.654. The van der Waals surface area contributed by atoms with Crippen LogP contribution in [0.2, 0.25) is 0 Å². The van der Waals surface area contributed by atoms with Gasteiger partial charge < -0.3 is 9.73 Å².